The van der Waals surface area contributed by atoms with Crippen LogP contribution in [0.4, 0.5) is 0 Å². The molecule has 0 aliphatic carbocycles. The van der Waals surface area contributed by atoms with Gasteiger partial charge in [-0.1, -0.05) is 216 Å². The van der Waals surface area contributed by atoms with Crippen LogP contribution in [0.25, 0.3) is 0 Å². The van der Waals surface area contributed by atoms with Crippen molar-refractivity contribution in [1.82, 2.24) is 0 Å². The lowest BCUT2D eigenvalue weighted by molar-refractivity contribution is -0.167. The van der Waals surface area contributed by atoms with Gasteiger partial charge in [-0.2, -0.15) is 0 Å². The highest BCUT2D eigenvalue weighted by Gasteiger charge is 2.19. The summed E-state index contributed by atoms with van der Waals surface area (Å²) < 4.78 is 16.8. The van der Waals surface area contributed by atoms with Crippen molar-refractivity contribution in [3.8, 4) is 0 Å². The zero-order valence-electron chi connectivity index (χ0n) is 41.6. The van der Waals surface area contributed by atoms with Crippen LogP contribution in [0.5, 0.6) is 0 Å². The third-order valence-corrected chi connectivity index (χ3v) is 11.5. The van der Waals surface area contributed by atoms with Crippen molar-refractivity contribution in [2.75, 3.05) is 13.2 Å². The molecule has 0 bridgehead atoms. The predicted molar refractivity (Wildman–Crippen MR) is 270 cm³/mol. The fraction of sp³-hybridized carbons (Fsp3) is 0.772. The van der Waals surface area contributed by atoms with Gasteiger partial charge in [-0.3, -0.25) is 14.4 Å². The number of esters is 3. The Morgan fingerprint density at radius 2 is 0.571 bits per heavy atom. The largest absolute Gasteiger partial charge is 0.462 e. The number of carbonyl (C=O) groups is 3. The molecule has 0 heterocycles. The van der Waals surface area contributed by atoms with E-state index >= 15 is 0 Å². The van der Waals surface area contributed by atoms with Crippen LogP contribution in [0.15, 0.2) is 60.8 Å². The summed E-state index contributed by atoms with van der Waals surface area (Å²) in [6.07, 6.45) is 63.4. The summed E-state index contributed by atoms with van der Waals surface area (Å²) in [4.78, 5) is 38.0. The van der Waals surface area contributed by atoms with Crippen LogP contribution in [-0.4, -0.2) is 37.2 Å². The Morgan fingerprint density at radius 3 is 0.968 bits per heavy atom. The molecule has 1 atom stereocenters. The van der Waals surface area contributed by atoms with Gasteiger partial charge in [-0.25, -0.2) is 0 Å². The SMILES string of the molecule is CCCCC/C=C\C/C=C\C/C=C\C/C=C\CCCCCC(=O)O[C@H](COC(=O)CCCCCCC/C=C\CCCCCC)COC(=O)CCCCCCCCCCCCCCC. The van der Waals surface area contributed by atoms with E-state index in [1.807, 2.05) is 0 Å². The molecular weight excluding hydrogens is 781 g/mol. The normalized spacial score (nSPS) is 12.5. The van der Waals surface area contributed by atoms with E-state index < -0.39 is 6.10 Å². The molecule has 0 aromatic rings. The van der Waals surface area contributed by atoms with Crippen LogP contribution in [0.1, 0.15) is 265 Å². The molecule has 0 amide bonds. The molecule has 6 heteroatoms. The molecule has 63 heavy (non-hydrogen) atoms. The molecule has 0 aliphatic rings. The summed E-state index contributed by atoms with van der Waals surface area (Å²) in [5.41, 5.74) is 0. The summed E-state index contributed by atoms with van der Waals surface area (Å²) in [7, 11) is 0. The van der Waals surface area contributed by atoms with Gasteiger partial charge in [0.1, 0.15) is 13.2 Å². The molecule has 0 aromatic heterocycles. The lowest BCUT2D eigenvalue weighted by atomic mass is 10.0. The summed E-state index contributed by atoms with van der Waals surface area (Å²) in [5.74, 6) is -0.922. The molecule has 0 saturated carbocycles. The van der Waals surface area contributed by atoms with Crippen LogP contribution in [0.3, 0.4) is 0 Å². The summed E-state index contributed by atoms with van der Waals surface area (Å²) in [5, 5.41) is 0. The third-order valence-electron chi connectivity index (χ3n) is 11.5. The minimum Gasteiger partial charge on any atom is -0.462 e. The molecule has 6 nitrogen and oxygen atoms in total. The van der Waals surface area contributed by atoms with Crippen molar-refractivity contribution in [1.29, 1.82) is 0 Å². The lowest BCUT2D eigenvalue weighted by Crippen LogP contribution is -2.30. The predicted octanol–water partition coefficient (Wildman–Crippen LogP) is 17.6. The molecule has 0 aliphatic heterocycles. The summed E-state index contributed by atoms with van der Waals surface area (Å²) in [6, 6.07) is 0. The Balaban J connectivity index is 4.44. The minimum absolute atomic E-state index is 0.0877. The first-order valence-electron chi connectivity index (χ1n) is 26.8. The smallest absolute Gasteiger partial charge is 0.306 e. The van der Waals surface area contributed by atoms with Gasteiger partial charge in [0.15, 0.2) is 6.10 Å². The lowest BCUT2D eigenvalue weighted by Gasteiger charge is -2.18. The fourth-order valence-corrected chi connectivity index (χ4v) is 7.42. The Hall–Kier alpha value is -2.89. The molecule has 0 saturated heterocycles. The van der Waals surface area contributed by atoms with Gasteiger partial charge in [0.25, 0.3) is 0 Å². The number of hydrogen-bond donors (Lipinski definition) is 0. The topological polar surface area (TPSA) is 78.9 Å². The maximum absolute atomic E-state index is 12.8. The van der Waals surface area contributed by atoms with Gasteiger partial charge in [0.2, 0.25) is 0 Å². The number of unbranched alkanes of at least 4 members (excludes halogenated alkanes) is 27. The molecule has 0 spiro atoms. The average Bonchev–Trinajstić information content (AvgIpc) is 3.28. The first-order valence-corrected chi connectivity index (χ1v) is 26.8. The average molecular weight is 881 g/mol. The van der Waals surface area contributed by atoms with Gasteiger partial charge in [0.05, 0.1) is 0 Å². The molecule has 0 radical (unpaired) electrons. The van der Waals surface area contributed by atoms with E-state index in [9.17, 15) is 14.4 Å². The maximum atomic E-state index is 12.8. The van der Waals surface area contributed by atoms with Crippen molar-refractivity contribution >= 4 is 17.9 Å². The van der Waals surface area contributed by atoms with Crippen molar-refractivity contribution in [3.63, 3.8) is 0 Å². The molecular formula is C57H100O6. The van der Waals surface area contributed by atoms with Gasteiger partial charge in [-0.15, -0.1) is 0 Å². The molecule has 0 rings (SSSR count). The number of carbonyl (C=O) groups excluding carboxylic acids is 3. The number of rotatable bonds is 48. The minimum atomic E-state index is -0.791. The Bertz CT molecular complexity index is 1150. The first kappa shape index (κ1) is 60.1. The van der Waals surface area contributed by atoms with E-state index in [4.69, 9.17) is 14.2 Å². The van der Waals surface area contributed by atoms with Crippen molar-refractivity contribution < 1.29 is 28.6 Å². The van der Waals surface area contributed by atoms with Gasteiger partial charge in [0, 0.05) is 19.3 Å². The third kappa shape index (κ3) is 50.0. The van der Waals surface area contributed by atoms with E-state index in [-0.39, 0.29) is 31.1 Å². The van der Waals surface area contributed by atoms with E-state index in [2.05, 4.69) is 81.5 Å². The Kier molecular flexibility index (Phi) is 49.4. The Morgan fingerprint density at radius 1 is 0.317 bits per heavy atom. The zero-order valence-corrected chi connectivity index (χ0v) is 41.6. The highest BCUT2D eigenvalue weighted by molar-refractivity contribution is 5.71. The monoisotopic (exact) mass is 881 g/mol. The fourth-order valence-electron chi connectivity index (χ4n) is 7.42. The molecule has 0 aromatic carbocycles. The van der Waals surface area contributed by atoms with Gasteiger partial charge >= 0.3 is 17.9 Å². The van der Waals surface area contributed by atoms with E-state index in [1.165, 1.54) is 135 Å². The highest BCUT2D eigenvalue weighted by Crippen LogP contribution is 2.15. The molecule has 364 valence electrons. The van der Waals surface area contributed by atoms with Crippen LogP contribution >= 0.6 is 0 Å². The van der Waals surface area contributed by atoms with E-state index in [0.29, 0.717) is 19.3 Å². The van der Waals surface area contributed by atoms with Gasteiger partial charge in [-0.05, 0) is 89.9 Å². The molecule has 0 unspecified atom stereocenters. The van der Waals surface area contributed by atoms with Crippen molar-refractivity contribution in [2.45, 2.75) is 271 Å². The number of ether oxygens (including phenoxy) is 3. The summed E-state index contributed by atoms with van der Waals surface area (Å²) >= 11 is 0. The highest BCUT2D eigenvalue weighted by atomic mass is 16.6. The Labute approximate surface area is 390 Å². The number of hydrogen-bond acceptors (Lipinski definition) is 6. The van der Waals surface area contributed by atoms with E-state index in [0.717, 1.165) is 89.9 Å². The quantitative estimate of drug-likeness (QED) is 0.0262. The summed E-state index contributed by atoms with van der Waals surface area (Å²) in [6.45, 7) is 6.57. The maximum Gasteiger partial charge on any atom is 0.306 e. The van der Waals surface area contributed by atoms with Crippen LogP contribution in [-0.2, 0) is 28.6 Å². The second-order valence-corrected chi connectivity index (χ2v) is 17.8. The second kappa shape index (κ2) is 51.7. The first-order chi connectivity index (χ1) is 31.0. The molecule has 0 fully saturated rings. The van der Waals surface area contributed by atoms with Crippen LogP contribution in [0, 0.1) is 0 Å². The van der Waals surface area contributed by atoms with Crippen molar-refractivity contribution in [2.24, 2.45) is 0 Å². The standard InChI is InChI=1S/C57H100O6/c1-4-7-10-13-16-19-22-25-26-27-28-29-30-33-36-39-42-45-48-51-57(60)63-54(52-61-55(58)49-46-43-40-37-34-31-23-20-17-14-11-8-5-2)53-62-56(59)50-47-44-41-38-35-32-24-21-18-15-12-9-6-3/h16,19-20,23,25-26,28-29,33,36,54H,4-15,17-18,21-22,24,27,30-32,34-35,37-53H2,1-3H3/b19-16-,23-20-,26-25-,29-28-,36-33-/t54-/m1/s1. The van der Waals surface area contributed by atoms with E-state index in [1.54, 1.807) is 0 Å². The number of allylic oxidation sites excluding steroid dienone is 10. The molecule has 0 N–H and O–H groups in total. The zero-order chi connectivity index (χ0) is 45.8. The van der Waals surface area contributed by atoms with Crippen LogP contribution in [0.2, 0.25) is 0 Å². The van der Waals surface area contributed by atoms with Gasteiger partial charge < -0.3 is 14.2 Å². The van der Waals surface area contributed by atoms with Crippen molar-refractivity contribution in [3.05, 3.63) is 60.8 Å². The van der Waals surface area contributed by atoms with Crippen LogP contribution < -0.4 is 0 Å². The second-order valence-electron chi connectivity index (χ2n) is 17.8.